The number of carbonyl (C=O) groups excluding carboxylic acids is 1. The van der Waals surface area contributed by atoms with Crippen molar-refractivity contribution in [1.82, 2.24) is 15.3 Å². The zero-order valence-electron chi connectivity index (χ0n) is 13.9. The summed E-state index contributed by atoms with van der Waals surface area (Å²) in [6.07, 6.45) is 2.62. The summed E-state index contributed by atoms with van der Waals surface area (Å²) in [6.45, 7) is -0.668. The van der Waals surface area contributed by atoms with Gasteiger partial charge in [-0.1, -0.05) is 0 Å². The van der Waals surface area contributed by atoms with E-state index in [9.17, 15) is 22.4 Å². The van der Waals surface area contributed by atoms with Crippen molar-refractivity contribution in [3.8, 4) is 5.88 Å². The first-order valence-corrected chi connectivity index (χ1v) is 8.53. The van der Waals surface area contributed by atoms with E-state index in [-0.39, 0.29) is 23.9 Å². The van der Waals surface area contributed by atoms with Gasteiger partial charge in [-0.2, -0.15) is 0 Å². The molecule has 3 heterocycles. The van der Waals surface area contributed by atoms with Crippen molar-refractivity contribution in [2.24, 2.45) is 5.92 Å². The van der Waals surface area contributed by atoms with Crippen molar-refractivity contribution >= 4 is 11.6 Å². The summed E-state index contributed by atoms with van der Waals surface area (Å²) in [4.78, 5) is 21.8. The van der Waals surface area contributed by atoms with Gasteiger partial charge in [-0.3, -0.25) is 4.79 Å². The normalized spacial score (nSPS) is 26.5. The summed E-state index contributed by atoms with van der Waals surface area (Å²) >= 11 is 0. The Balaban J connectivity index is 1.57. The van der Waals surface area contributed by atoms with Gasteiger partial charge in [0.15, 0.2) is 5.82 Å². The molecule has 10 heteroatoms. The number of aromatic nitrogens is 2. The van der Waals surface area contributed by atoms with Gasteiger partial charge in [0, 0.05) is 13.0 Å². The summed E-state index contributed by atoms with van der Waals surface area (Å²) in [7, 11) is 0. The average Bonchev–Trinajstić information content (AvgIpc) is 3.31. The smallest absolute Gasteiger partial charge is 0.282 e. The molecule has 3 fully saturated rings. The number of nitrogens with one attached hydrogen (secondary N) is 1. The van der Waals surface area contributed by atoms with Gasteiger partial charge in [-0.25, -0.2) is 27.5 Å². The van der Waals surface area contributed by atoms with Gasteiger partial charge in [0.05, 0.1) is 25.9 Å². The first-order valence-electron chi connectivity index (χ1n) is 8.53. The molecule has 142 valence electrons. The number of anilines is 1. The molecule has 0 radical (unpaired) electrons. The quantitative estimate of drug-likeness (QED) is 0.606. The minimum absolute atomic E-state index is 0.0306. The van der Waals surface area contributed by atoms with E-state index in [4.69, 9.17) is 4.74 Å². The molecule has 1 unspecified atom stereocenters. The van der Waals surface area contributed by atoms with Gasteiger partial charge in [-0.15, -0.1) is 0 Å². The highest BCUT2D eigenvalue weighted by molar-refractivity contribution is 5.99. The van der Waals surface area contributed by atoms with Crippen LogP contribution >= 0.6 is 0 Å². The summed E-state index contributed by atoms with van der Waals surface area (Å²) < 4.78 is 59.5. The van der Waals surface area contributed by atoms with E-state index in [2.05, 4.69) is 15.3 Å². The van der Waals surface area contributed by atoms with Gasteiger partial charge in [-0.05, 0) is 18.8 Å². The van der Waals surface area contributed by atoms with Crippen LogP contribution in [-0.2, 0) is 0 Å². The van der Waals surface area contributed by atoms with Gasteiger partial charge in [0.2, 0.25) is 5.78 Å². The highest BCUT2D eigenvalue weighted by atomic mass is 19.3. The van der Waals surface area contributed by atoms with Crippen molar-refractivity contribution in [2.45, 2.75) is 37.1 Å². The van der Waals surface area contributed by atoms with Crippen molar-refractivity contribution in [3.63, 3.8) is 0 Å². The molecule has 2 saturated heterocycles. The van der Waals surface area contributed by atoms with Crippen LogP contribution < -0.4 is 15.0 Å². The number of ether oxygens (including phenoxy) is 1. The number of hydrogen-bond donors (Lipinski definition) is 1. The van der Waals surface area contributed by atoms with Crippen LogP contribution in [0.3, 0.4) is 0 Å². The third-order valence-corrected chi connectivity index (χ3v) is 4.76. The van der Waals surface area contributed by atoms with Gasteiger partial charge >= 0.3 is 0 Å². The fourth-order valence-electron chi connectivity index (χ4n) is 3.05. The average molecular weight is 374 g/mol. The van der Waals surface area contributed by atoms with Crippen LogP contribution in [0.4, 0.5) is 23.4 Å². The van der Waals surface area contributed by atoms with E-state index >= 15 is 0 Å². The maximum Gasteiger partial charge on any atom is 0.282 e. The summed E-state index contributed by atoms with van der Waals surface area (Å²) in [6, 6.07) is -1.66. The molecule has 4 rings (SSSR count). The fourth-order valence-corrected chi connectivity index (χ4v) is 3.05. The molecule has 26 heavy (non-hydrogen) atoms. The summed E-state index contributed by atoms with van der Waals surface area (Å²) in [5, 5.41) is 2.48. The second-order valence-corrected chi connectivity index (χ2v) is 7.11. The van der Waals surface area contributed by atoms with E-state index < -0.39 is 43.2 Å². The Morgan fingerprint density at radius 3 is 2.62 bits per heavy atom. The van der Waals surface area contributed by atoms with Crippen molar-refractivity contribution in [2.75, 3.05) is 31.1 Å². The zero-order valence-corrected chi connectivity index (χ0v) is 13.9. The lowest BCUT2D eigenvalue weighted by Gasteiger charge is -2.39. The predicted octanol–water partition coefficient (Wildman–Crippen LogP) is 1.90. The number of halogens is 4. The number of Topliss-reactive ketones (excluding diaryl/α,β-unsaturated/α-hetero) is 1. The van der Waals surface area contributed by atoms with E-state index in [1.54, 1.807) is 0 Å². The van der Waals surface area contributed by atoms with Gasteiger partial charge in [0.1, 0.15) is 11.7 Å². The van der Waals surface area contributed by atoms with Crippen LogP contribution in [0.1, 0.15) is 29.8 Å². The summed E-state index contributed by atoms with van der Waals surface area (Å²) in [5.41, 5.74) is -0.258. The Morgan fingerprint density at radius 1 is 1.31 bits per heavy atom. The van der Waals surface area contributed by atoms with Crippen molar-refractivity contribution < 1.29 is 27.1 Å². The molecule has 0 aromatic carbocycles. The maximum absolute atomic E-state index is 13.8. The highest BCUT2D eigenvalue weighted by Gasteiger charge is 2.49. The number of alkyl halides is 4. The summed E-state index contributed by atoms with van der Waals surface area (Å²) in [5.74, 6) is -6.43. The molecule has 3 aliphatic rings. The van der Waals surface area contributed by atoms with Gasteiger partial charge < -0.3 is 15.0 Å². The third kappa shape index (κ3) is 3.34. The molecule has 6 nitrogen and oxygen atoms in total. The molecule has 2 aliphatic heterocycles. The second-order valence-electron chi connectivity index (χ2n) is 7.11. The molecule has 1 saturated carbocycles. The molecule has 0 amide bonds. The topological polar surface area (TPSA) is 67.4 Å². The first kappa shape index (κ1) is 17.4. The third-order valence-electron chi connectivity index (χ3n) is 4.76. The lowest BCUT2D eigenvalue weighted by molar-refractivity contribution is -0.0270. The fraction of sp³-hybridized carbons (Fsp3) is 0.688. The Labute approximate surface area is 146 Å². The Kier molecular flexibility index (Phi) is 4.05. The largest absolute Gasteiger partial charge is 0.475 e. The predicted molar refractivity (Wildman–Crippen MR) is 83.1 cm³/mol. The monoisotopic (exact) mass is 374 g/mol. The molecular formula is C16H18F4N4O2. The number of carbonyl (C=O) groups is 1. The van der Waals surface area contributed by atoms with Crippen LogP contribution in [0.5, 0.6) is 5.88 Å². The van der Waals surface area contributed by atoms with Crippen molar-refractivity contribution in [1.29, 1.82) is 0 Å². The van der Waals surface area contributed by atoms with Crippen LogP contribution in [-0.4, -0.2) is 59.9 Å². The molecule has 0 bridgehead atoms. The minimum Gasteiger partial charge on any atom is -0.475 e. The molecule has 1 aliphatic carbocycles. The van der Waals surface area contributed by atoms with Gasteiger partial charge in [0.25, 0.3) is 17.7 Å². The number of rotatable bonds is 6. The Hall–Kier alpha value is -1.97. The SMILES string of the molecule is O=C(c1cnc(N2CC(F)(F)C2)c(OCC2CC2)n1)C1NCCC1(F)F. The first-order chi connectivity index (χ1) is 12.3. The van der Waals surface area contributed by atoms with E-state index in [1.807, 2.05) is 0 Å². The number of ketones is 1. The Bertz CT molecular complexity index is 718. The zero-order chi connectivity index (χ0) is 18.5. The number of hydrogen-bond acceptors (Lipinski definition) is 6. The lowest BCUT2D eigenvalue weighted by Crippen LogP contribution is -2.56. The van der Waals surface area contributed by atoms with E-state index in [1.165, 1.54) is 4.90 Å². The lowest BCUT2D eigenvalue weighted by atomic mass is 10.0. The number of nitrogens with zero attached hydrogens (tertiary/aromatic N) is 3. The maximum atomic E-state index is 13.8. The van der Waals surface area contributed by atoms with Crippen molar-refractivity contribution in [3.05, 3.63) is 11.9 Å². The molecule has 1 aromatic heterocycles. The molecule has 0 spiro atoms. The second kappa shape index (κ2) is 6.04. The Morgan fingerprint density at radius 2 is 2.04 bits per heavy atom. The van der Waals surface area contributed by atoms with Crippen LogP contribution in [0, 0.1) is 5.92 Å². The highest BCUT2D eigenvalue weighted by Crippen LogP contribution is 2.37. The van der Waals surface area contributed by atoms with Crippen LogP contribution in [0.15, 0.2) is 6.20 Å². The molecule has 1 N–H and O–H groups in total. The van der Waals surface area contributed by atoms with Crippen LogP contribution in [0.25, 0.3) is 0 Å². The van der Waals surface area contributed by atoms with E-state index in [0.29, 0.717) is 12.5 Å². The van der Waals surface area contributed by atoms with E-state index in [0.717, 1.165) is 19.0 Å². The molecular weight excluding hydrogens is 356 g/mol. The molecule has 1 aromatic rings. The minimum atomic E-state index is -3.16. The van der Waals surface area contributed by atoms with Crippen LogP contribution in [0.2, 0.25) is 0 Å². The molecule has 1 atom stereocenters. The standard InChI is InChI=1S/C16H18F4N4O2/c17-15(18)7-24(8-15)13-14(26-6-9-1-2-9)23-10(5-22-13)11(25)12-16(19,20)3-4-21-12/h5,9,12,21H,1-4,6-8H2.